The number of nitrogens with zero attached hydrogens (tertiary/aromatic N) is 1. The molecule has 1 aromatic carbocycles. The van der Waals surface area contributed by atoms with Crippen molar-refractivity contribution in [1.29, 1.82) is 0 Å². The second kappa shape index (κ2) is 5.79. The first-order valence-corrected chi connectivity index (χ1v) is 7.68. The summed E-state index contributed by atoms with van der Waals surface area (Å²) in [5, 5.41) is 9.42. The molecule has 1 aliphatic heterocycles. The summed E-state index contributed by atoms with van der Waals surface area (Å²) >= 11 is 0. The number of aromatic nitrogens is 1. The monoisotopic (exact) mass is 297 g/mol. The Labute approximate surface area is 129 Å². The van der Waals surface area contributed by atoms with Crippen molar-refractivity contribution in [1.82, 2.24) is 4.57 Å². The first kappa shape index (κ1) is 14.6. The molecule has 4 heteroatoms. The van der Waals surface area contributed by atoms with Gasteiger partial charge in [-0.15, -0.1) is 0 Å². The standard InChI is InChI=1S/C18H19NO3/c1-2-12-11-15-14(18(21)22)9-6-10-19(15)16(12)17(20)13-7-4-3-5-8-13/h3-5,7-8,11,14H,2,6,9-10H2,1H3,(H,21,22). The Morgan fingerprint density at radius 2 is 2.00 bits per heavy atom. The minimum Gasteiger partial charge on any atom is -0.481 e. The minimum absolute atomic E-state index is 0.0188. The van der Waals surface area contributed by atoms with Crippen molar-refractivity contribution in [3.63, 3.8) is 0 Å². The molecule has 0 saturated carbocycles. The zero-order valence-corrected chi connectivity index (χ0v) is 12.6. The molecule has 3 rings (SSSR count). The minimum atomic E-state index is -0.806. The number of benzene rings is 1. The Bertz CT molecular complexity index is 715. The van der Waals surface area contributed by atoms with Crippen LogP contribution in [0.4, 0.5) is 0 Å². The van der Waals surface area contributed by atoms with E-state index in [0.29, 0.717) is 24.2 Å². The third-order valence-corrected chi connectivity index (χ3v) is 4.37. The van der Waals surface area contributed by atoms with Crippen LogP contribution < -0.4 is 0 Å². The number of carboxylic acid groups (broad SMARTS) is 1. The molecule has 1 aliphatic rings. The number of carbonyl (C=O) groups excluding carboxylic acids is 1. The highest BCUT2D eigenvalue weighted by Gasteiger charge is 2.31. The molecule has 1 N–H and O–H groups in total. The molecule has 0 amide bonds. The summed E-state index contributed by atoms with van der Waals surface area (Å²) < 4.78 is 1.93. The summed E-state index contributed by atoms with van der Waals surface area (Å²) in [6, 6.07) is 11.1. The van der Waals surface area contributed by atoms with E-state index in [4.69, 9.17) is 0 Å². The van der Waals surface area contributed by atoms with Gasteiger partial charge in [-0.05, 0) is 30.9 Å². The molecule has 0 bridgehead atoms. The topological polar surface area (TPSA) is 59.3 Å². The third-order valence-electron chi connectivity index (χ3n) is 4.37. The van der Waals surface area contributed by atoms with Crippen LogP contribution in [0.25, 0.3) is 0 Å². The fourth-order valence-corrected chi connectivity index (χ4v) is 3.27. The van der Waals surface area contributed by atoms with Gasteiger partial charge in [0.05, 0.1) is 11.6 Å². The average molecular weight is 297 g/mol. The van der Waals surface area contributed by atoms with Crippen LogP contribution in [-0.4, -0.2) is 21.4 Å². The first-order chi connectivity index (χ1) is 10.6. The van der Waals surface area contributed by atoms with Gasteiger partial charge in [0.15, 0.2) is 0 Å². The van der Waals surface area contributed by atoms with Gasteiger partial charge >= 0.3 is 5.97 Å². The van der Waals surface area contributed by atoms with Crippen LogP contribution in [0.15, 0.2) is 36.4 Å². The van der Waals surface area contributed by atoms with Crippen LogP contribution >= 0.6 is 0 Å². The quantitative estimate of drug-likeness (QED) is 0.881. The van der Waals surface area contributed by atoms with E-state index >= 15 is 0 Å². The maximum atomic E-state index is 12.9. The van der Waals surface area contributed by atoms with E-state index in [9.17, 15) is 14.7 Å². The molecule has 0 spiro atoms. The van der Waals surface area contributed by atoms with E-state index in [0.717, 1.165) is 24.1 Å². The van der Waals surface area contributed by atoms with E-state index in [1.54, 1.807) is 12.1 Å². The van der Waals surface area contributed by atoms with Crippen molar-refractivity contribution in [3.05, 3.63) is 58.9 Å². The Morgan fingerprint density at radius 3 is 2.64 bits per heavy atom. The van der Waals surface area contributed by atoms with Gasteiger partial charge in [0, 0.05) is 17.8 Å². The molecule has 22 heavy (non-hydrogen) atoms. The van der Waals surface area contributed by atoms with Crippen molar-refractivity contribution in [2.24, 2.45) is 0 Å². The number of hydrogen-bond donors (Lipinski definition) is 1. The molecule has 1 atom stereocenters. The van der Waals surface area contributed by atoms with Gasteiger partial charge in [-0.25, -0.2) is 0 Å². The van der Waals surface area contributed by atoms with Crippen LogP contribution in [0.2, 0.25) is 0 Å². The molecule has 1 unspecified atom stereocenters. The fraction of sp³-hybridized carbons (Fsp3) is 0.333. The van der Waals surface area contributed by atoms with Gasteiger partial charge in [-0.2, -0.15) is 0 Å². The molecular weight excluding hydrogens is 278 g/mol. The van der Waals surface area contributed by atoms with Gasteiger partial charge in [-0.3, -0.25) is 9.59 Å². The van der Waals surface area contributed by atoms with Gasteiger partial charge in [0.1, 0.15) is 0 Å². The normalized spacial score (nSPS) is 17.0. The lowest BCUT2D eigenvalue weighted by Crippen LogP contribution is -2.24. The molecule has 0 aliphatic carbocycles. The molecule has 4 nitrogen and oxygen atoms in total. The van der Waals surface area contributed by atoms with Gasteiger partial charge < -0.3 is 9.67 Å². The van der Waals surface area contributed by atoms with E-state index in [1.807, 2.05) is 35.8 Å². The van der Waals surface area contributed by atoms with Gasteiger partial charge in [-0.1, -0.05) is 37.3 Å². The summed E-state index contributed by atoms with van der Waals surface area (Å²) in [6.07, 6.45) is 2.15. The number of ketones is 1. The van der Waals surface area contributed by atoms with Crippen LogP contribution in [0, 0.1) is 0 Å². The maximum absolute atomic E-state index is 12.9. The first-order valence-electron chi connectivity index (χ1n) is 7.68. The van der Waals surface area contributed by atoms with E-state index in [1.165, 1.54) is 0 Å². The number of carboxylic acids is 1. The van der Waals surface area contributed by atoms with Gasteiger partial charge in [0.2, 0.25) is 5.78 Å². The van der Waals surface area contributed by atoms with Gasteiger partial charge in [0.25, 0.3) is 0 Å². The number of rotatable bonds is 4. The summed E-state index contributed by atoms with van der Waals surface area (Å²) in [6.45, 7) is 2.71. The molecule has 114 valence electrons. The number of carbonyl (C=O) groups is 2. The van der Waals surface area contributed by atoms with Crippen LogP contribution in [0.3, 0.4) is 0 Å². The summed E-state index contributed by atoms with van der Waals surface area (Å²) in [5.74, 6) is -1.33. The van der Waals surface area contributed by atoms with Crippen LogP contribution in [-0.2, 0) is 17.8 Å². The van der Waals surface area contributed by atoms with Crippen LogP contribution in [0.1, 0.15) is 53.0 Å². The number of aliphatic carboxylic acids is 1. The largest absolute Gasteiger partial charge is 0.481 e. The molecule has 1 aromatic heterocycles. The Balaban J connectivity index is 2.12. The molecule has 2 aromatic rings. The van der Waals surface area contributed by atoms with Crippen molar-refractivity contribution in [2.75, 3.05) is 0 Å². The Morgan fingerprint density at radius 1 is 1.27 bits per heavy atom. The van der Waals surface area contributed by atoms with E-state index in [-0.39, 0.29) is 5.78 Å². The zero-order valence-electron chi connectivity index (χ0n) is 12.6. The lowest BCUT2D eigenvalue weighted by atomic mass is 9.96. The van der Waals surface area contributed by atoms with E-state index < -0.39 is 11.9 Å². The summed E-state index contributed by atoms with van der Waals surface area (Å²) in [4.78, 5) is 24.3. The summed E-state index contributed by atoms with van der Waals surface area (Å²) in [5.41, 5.74) is 3.03. The second-order valence-corrected chi connectivity index (χ2v) is 5.68. The van der Waals surface area contributed by atoms with Crippen molar-refractivity contribution in [2.45, 2.75) is 38.6 Å². The average Bonchev–Trinajstić information content (AvgIpc) is 2.93. The predicted molar refractivity (Wildman–Crippen MR) is 83.3 cm³/mol. The maximum Gasteiger partial charge on any atom is 0.312 e. The highest BCUT2D eigenvalue weighted by molar-refractivity contribution is 6.09. The highest BCUT2D eigenvalue weighted by atomic mass is 16.4. The van der Waals surface area contributed by atoms with Crippen molar-refractivity contribution in [3.8, 4) is 0 Å². The molecule has 0 saturated heterocycles. The fourth-order valence-electron chi connectivity index (χ4n) is 3.27. The Hall–Kier alpha value is -2.36. The lowest BCUT2D eigenvalue weighted by Gasteiger charge is -2.23. The smallest absolute Gasteiger partial charge is 0.312 e. The number of hydrogen-bond acceptors (Lipinski definition) is 2. The van der Waals surface area contributed by atoms with Crippen LogP contribution in [0.5, 0.6) is 0 Å². The SMILES string of the molecule is CCc1cc2n(c1C(=O)c1ccccc1)CCCC2C(=O)O. The molecular formula is C18H19NO3. The lowest BCUT2D eigenvalue weighted by molar-refractivity contribution is -0.139. The molecule has 2 heterocycles. The third kappa shape index (κ3) is 2.34. The number of aryl methyl sites for hydroxylation is 1. The van der Waals surface area contributed by atoms with Crippen molar-refractivity contribution >= 4 is 11.8 Å². The Kier molecular flexibility index (Phi) is 3.84. The zero-order chi connectivity index (χ0) is 15.7. The van der Waals surface area contributed by atoms with Crippen molar-refractivity contribution < 1.29 is 14.7 Å². The number of fused-ring (bicyclic) bond motifs is 1. The van der Waals surface area contributed by atoms with E-state index in [2.05, 4.69) is 0 Å². The summed E-state index contributed by atoms with van der Waals surface area (Å²) in [7, 11) is 0. The second-order valence-electron chi connectivity index (χ2n) is 5.68. The highest BCUT2D eigenvalue weighted by Crippen LogP contribution is 2.33. The molecule has 0 fully saturated rings. The molecule has 0 radical (unpaired) electrons. The predicted octanol–water partition coefficient (Wildman–Crippen LogP) is 3.24.